The van der Waals surface area contributed by atoms with Crippen molar-refractivity contribution in [2.45, 2.75) is 0 Å². The fourth-order valence-electron chi connectivity index (χ4n) is 2.88. The zero-order chi connectivity index (χ0) is 18.8. The second kappa shape index (κ2) is 6.84. The van der Waals surface area contributed by atoms with Crippen LogP contribution in [0.1, 0.15) is 10.4 Å². The third-order valence-electron chi connectivity index (χ3n) is 4.24. The molecule has 134 valence electrons. The average Bonchev–Trinajstić information content (AvgIpc) is 3.07. The molecule has 4 rings (SSSR count). The summed E-state index contributed by atoms with van der Waals surface area (Å²) in [5.41, 5.74) is 3.74. The lowest BCUT2D eigenvalue weighted by atomic mass is 10.1. The second-order valence-electron chi connectivity index (χ2n) is 5.98. The molecule has 0 aliphatic heterocycles. The molecule has 2 heterocycles. The minimum absolute atomic E-state index is 0.204. The van der Waals surface area contributed by atoms with Crippen molar-refractivity contribution in [3.8, 4) is 17.0 Å². The van der Waals surface area contributed by atoms with Crippen LogP contribution in [0.2, 0.25) is 0 Å². The van der Waals surface area contributed by atoms with Crippen molar-refractivity contribution in [1.82, 2.24) is 9.38 Å². The minimum Gasteiger partial charge on any atom is -0.508 e. The second-order valence-corrected chi connectivity index (χ2v) is 5.98. The third-order valence-corrected chi connectivity index (χ3v) is 4.24. The first-order valence-corrected chi connectivity index (χ1v) is 8.37. The number of fused-ring (bicyclic) bond motifs is 1. The van der Waals surface area contributed by atoms with Crippen LogP contribution in [0.3, 0.4) is 0 Å². The monoisotopic (exact) mass is 359 g/mol. The van der Waals surface area contributed by atoms with Crippen molar-refractivity contribution < 1.29 is 14.6 Å². The van der Waals surface area contributed by atoms with E-state index >= 15 is 0 Å². The van der Waals surface area contributed by atoms with Gasteiger partial charge >= 0.3 is 5.97 Å². The topological polar surface area (TPSA) is 75.9 Å². The summed E-state index contributed by atoms with van der Waals surface area (Å²) in [5.74, 6) is 0.624. The van der Waals surface area contributed by atoms with Crippen LogP contribution in [0.5, 0.6) is 5.75 Å². The van der Waals surface area contributed by atoms with E-state index in [-0.39, 0.29) is 11.7 Å². The number of imidazole rings is 1. The maximum atomic E-state index is 11.6. The number of benzene rings is 2. The van der Waals surface area contributed by atoms with Gasteiger partial charge in [0.1, 0.15) is 22.9 Å². The van der Waals surface area contributed by atoms with Gasteiger partial charge in [0.15, 0.2) is 0 Å². The van der Waals surface area contributed by atoms with Crippen LogP contribution in [0.15, 0.2) is 72.9 Å². The number of phenolic OH excluding ortho intramolecular Hbond substituents is 1. The van der Waals surface area contributed by atoms with Gasteiger partial charge in [-0.3, -0.25) is 4.40 Å². The number of ether oxygens (including phenoxy) is 1. The van der Waals surface area contributed by atoms with E-state index in [1.807, 2.05) is 53.1 Å². The van der Waals surface area contributed by atoms with Gasteiger partial charge < -0.3 is 15.2 Å². The van der Waals surface area contributed by atoms with E-state index < -0.39 is 0 Å². The van der Waals surface area contributed by atoms with Crippen LogP contribution < -0.4 is 5.32 Å². The largest absolute Gasteiger partial charge is 0.508 e. The van der Waals surface area contributed by atoms with E-state index in [1.165, 1.54) is 7.11 Å². The summed E-state index contributed by atoms with van der Waals surface area (Å²) in [6.07, 6.45) is 1.93. The Labute approximate surface area is 155 Å². The number of aromatic hydroxyl groups is 1. The van der Waals surface area contributed by atoms with Gasteiger partial charge in [-0.1, -0.05) is 6.07 Å². The van der Waals surface area contributed by atoms with Crippen molar-refractivity contribution in [3.05, 3.63) is 78.5 Å². The highest BCUT2D eigenvalue weighted by Gasteiger charge is 2.14. The molecule has 0 fully saturated rings. The summed E-state index contributed by atoms with van der Waals surface area (Å²) in [5, 5.41) is 12.9. The molecular weight excluding hydrogens is 342 g/mol. The summed E-state index contributed by atoms with van der Waals surface area (Å²) in [7, 11) is 1.36. The zero-order valence-electron chi connectivity index (χ0n) is 14.6. The van der Waals surface area contributed by atoms with Crippen LogP contribution in [0, 0.1) is 0 Å². The number of carbonyl (C=O) groups excluding carboxylic acids is 1. The molecule has 2 N–H and O–H groups in total. The molecule has 0 radical (unpaired) electrons. The average molecular weight is 359 g/mol. The molecule has 2 aromatic heterocycles. The smallest absolute Gasteiger partial charge is 0.337 e. The highest BCUT2D eigenvalue weighted by Crippen LogP contribution is 2.32. The van der Waals surface area contributed by atoms with Gasteiger partial charge in [0.25, 0.3) is 0 Å². The lowest BCUT2D eigenvalue weighted by molar-refractivity contribution is 0.0601. The van der Waals surface area contributed by atoms with Gasteiger partial charge in [-0.15, -0.1) is 0 Å². The van der Waals surface area contributed by atoms with Crippen molar-refractivity contribution in [2.75, 3.05) is 12.4 Å². The number of phenols is 1. The number of anilines is 2. The van der Waals surface area contributed by atoms with E-state index in [4.69, 9.17) is 9.72 Å². The number of esters is 1. The number of methoxy groups -OCH3 is 1. The van der Waals surface area contributed by atoms with Gasteiger partial charge in [0.05, 0.1) is 12.7 Å². The maximum Gasteiger partial charge on any atom is 0.337 e. The molecule has 0 unspecified atom stereocenters. The van der Waals surface area contributed by atoms with E-state index in [0.29, 0.717) is 5.56 Å². The highest BCUT2D eigenvalue weighted by atomic mass is 16.5. The summed E-state index contributed by atoms with van der Waals surface area (Å²) in [6, 6.07) is 19.7. The Hall–Kier alpha value is -3.80. The number of aromatic nitrogens is 2. The predicted octanol–water partition coefficient (Wildman–Crippen LogP) is 4.24. The van der Waals surface area contributed by atoms with Gasteiger partial charge in [-0.2, -0.15) is 0 Å². The fourth-order valence-corrected chi connectivity index (χ4v) is 2.88. The molecule has 27 heavy (non-hydrogen) atoms. The minimum atomic E-state index is -0.374. The standard InChI is InChI=1S/C21H17N3O3/c1-27-21(26)15-5-9-16(10-6-15)22-20-19(14-7-11-17(25)12-8-14)23-18-4-2-3-13-24(18)20/h2-13,22,25H,1H3. The number of nitrogens with zero attached hydrogens (tertiary/aromatic N) is 2. The first-order chi connectivity index (χ1) is 13.2. The molecule has 0 atom stereocenters. The van der Waals surface area contributed by atoms with Crippen molar-refractivity contribution in [1.29, 1.82) is 0 Å². The molecule has 0 bridgehead atoms. The highest BCUT2D eigenvalue weighted by molar-refractivity contribution is 5.90. The number of hydrogen-bond donors (Lipinski definition) is 2. The Morgan fingerprint density at radius 3 is 2.48 bits per heavy atom. The van der Waals surface area contributed by atoms with Gasteiger partial charge in [0, 0.05) is 17.4 Å². The van der Waals surface area contributed by atoms with E-state index in [1.54, 1.807) is 24.3 Å². The van der Waals surface area contributed by atoms with Crippen molar-refractivity contribution >= 4 is 23.1 Å². The lowest BCUT2D eigenvalue weighted by Crippen LogP contribution is -2.01. The normalized spacial score (nSPS) is 10.7. The molecule has 6 heteroatoms. The quantitative estimate of drug-likeness (QED) is 0.533. The maximum absolute atomic E-state index is 11.6. The summed E-state index contributed by atoms with van der Waals surface area (Å²) in [6.45, 7) is 0. The zero-order valence-corrected chi connectivity index (χ0v) is 14.6. The van der Waals surface area contributed by atoms with E-state index in [0.717, 1.165) is 28.4 Å². The molecule has 0 saturated heterocycles. The van der Waals surface area contributed by atoms with Crippen LogP contribution in [-0.4, -0.2) is 27.6 Å². The van der Waals surface area contributed by atoms with E-state index in [2.05, 4.69) is 5.32 Å². The molecule has 6 nitrogen and oxygen atoms in total. The van der Waals surface area contributed by atoms with E-state index in [9.17, 15) is 9.90 Å². The van der Waals surface area contributed by atoms with Gasteiger partial charge in [-0.05, 0) is 60.7 Å². The Morgan fingerprint density at radius 1 is 1.04 bits per heavy atom. The molecule has 0 aliphatic carbocycles. The molecule has 0 spiro atoms. The van der Waals surface area contributed by atoms with Crippen LogP contribution >= 0.6 is 0 Å². The van der Waals surface area contributed by atoms with Crippen molar-refractivity contribution in [3.63, 3.8) is 0 Å². The number of nitrogens with one attached hydrogen (secondary N) is 1. The first kappa shape index (κ1) is 16.7. The Bertz CT molecular complexity index is 1100. The number of carbonyl (C=O) groups is 1. The molecule has 0 amide bonds. The molecule has 0 saturated carbocycles. The molecular formula is C21H17N3O3. The predicted molar refractivity (Wildman–Crippen MR) is 103 cm³/mol. The lowest BCUT2D eigenvalue weighted by Gasteiger charge is -2.09. The summed E-state index contributed by atoms with van der Waals surface area (Å²) < 4.78 is 6.69. The van der Waals surface area contributed by atoms with Crippen LogP contribution in [0.25, 0.3) is 16.9 Å². The van der Waals surface area contributed by atoms with Gasteiger partial charge in [0.2, 0.25) is 0 Å². The first-order valence-electron chi connectivity index (χ1n) is 8.37. The Morgan fingerprint density at radius 2 is 1.78 bits per heavy atom. The fraction of sp³-hybridized carbons (Fsp3) is 0.0476. The number of hydrogen-bond acceptors (Lipinski definition) is 5. The SMILES string of the molecule is COC(=O)c1ccc(Nc2c(-c3ccc(O)cc3)nc3ccccn23)cc1. The number of pyridine rings is 1. The summed E-state index contributed by atoms with van der Waals surface area (Å²) >= 11 is 0. The van der Waals surface area contributed by atoms with Crippen LogP contribution in [0.4, 0.5) is 11.5 Å². The molecule has 4 aromatic rings. The van der Waals surface area contributed by atoms with Crippen LogP contribution in [-0.2, 0) is 4.74 Å². The molecule has 2 aromatic carbocycles. The Kier molecular flexibility index (Phi) is 4.22. The molecule has 0 aliphatic rings. The summed E-state index contributed by atoms with van der Waals surface area (Å²) in [4.78, 5) is 16.3. The number of rotatable bonds is 4. The van der Waals surface area contributed by atoms with Crippen molar-refractivity contribution in [2.24, 2.45) is 0 Å². The Balaban J connectivity index is 1.77. The third kappa shape index (κ3) is 3.20. The van der Waals surface area contributed by atoms with Gasteiger partial charge in [-0.25, -0.2) is 9.78 Å².